The number of carbonyl (C=O) groups excluding carboxylic acids is 1. The summed E-state index contributed by atoms with van der Waals surface area (Å²) in [7, 11) is 1.48. The Balaban J connectivity index is 1.58. The molecular formula is C22H25FN4O2. The molecule has 0 saturated heterocycles. The van der Waals surface area contributed by atoms with Crippen LogP contribution < -0.4 is 10.1 Å². The van der Waals surface area contributed by atoms with Crippen molar-refractivity contribution < 1.29 is 13.9 Å². The minimum absolute atomic E-state index is 0.209. The van der Waals surface area contributed by atoms with Crippen LogP contribution in [0.25, 0.3) is 11.3 Å². The summed E-state index contributed by atoms with van der Waals surface area (Å²) in [5.41, 5.74) is 1.12. The third-order valence-corrected chi connectivity index (χ3v) is 4.60. The number of ether oxygens (including phenoxy) is 1. The first-order valence-electron chi connectivity index (χ1n) is 9.59. The highest BCUT2D eigenvalue weighted by molar-refractivity contribution is 5.94. The van der Waals surface area contributed by atoms with Crippen molar-refractivity contribution in [1.29, 1.82) is 0 Å². The fraction of sp³-hybridized carbons (Fsp3) is 0.318. The zero-order chi connectivity index (χ0) is 20.8. The maximum Gasteiger partial charge on any atom is 0.252 e. The van der Waals surface area contributed by atoms with Crippen LogP contribution >= 0.6 is 0 Å². The van der Waals surface area contributed by atoms with Gasteiger partial charge in [0.05, 0.1) is 23.9 Å². The Morgan fingerprint density at radius 1 is 1.24 bits per heavy atom. The molecule has 6 nitrogen and oxygen atoms in total. The Morgan fingerprint density at radius 2 is 2.07 bits per heavy atom. The Kier molecular flexibility index (Phi) is 6.59. The number of rotatable bonds is 8. The minimum atomic E-state index is -0.422. The largest absolute Gasteiger partial charge is 0.496 e. The summed E-state index contributed by atoms with van der Waals surface area (Å²) in [4.78, 5) is 21.0. The van der Waals surface area contributed by atoms with Crippen molar-refractivity contribution in [3.63, 3.8) is 0 Å². The number of nitrogens with zero attached hydrogens (tertiary/aromatic N) is 3. The SMILES string of the molecule is COc1cccc(F)c1-c1ccc(C(=O)NCCCn2ccnc2C(C)C)cn1. The highest BCUT2D eigenvalue weighted by Gasteiger charge is 2.14. The number of methoxy groups -OCH3 is 1. The van der Waals surface area contributed by atoms with E-state index in [-0.39, 0.29) is 11.5 Å². The summed E-state index contributed by atoms with van der Waals surface area (Å²) in [5, 5.41) is 2.89. The number of halogens is 1. The van der Waals surface area contributed by atoms with Crippen LogP contribution in [0.5, 0.6) is 5.75 Å². The number of aromatic nitrogens is 3. The molecule has 0 fully saturated rings. The third kappa shape index (κ3) is 4.80. The molecule has 0 atom stereocenters. The molecule has 0 saturated carbocycles. The first-order chi connectivity index (χ1) is 14.0. The van der Waals surface area contributed by atoms with Crippen LogP contribution in [0.15, 0.2) is 48.9 Å². The first-order valence-corrected chi connectivity index (χ1v) is 9.59. The van der Waals surface area contributed by atoms with Crippen LogP contribution in [0, 0.1) is 5.82 Å². The van der Waals surface area contributed by atoms with E-state index < -0.39 is 5.82 Å². The van der Waals surface area contributed by atoms with Gasteiger partial charge in [0.25, 0.3) is 5.91 Å². The van der Waals surface area contributed by atoms with Gasteiger partial charge in [0.15, 0.2) is 0 Å². The van der Waals surface area contributed by atoms with Crippen LogP contribution in [0.1, 0.15) is 42.4 Å². The molecule has 0 bridgehead atoms. The molecule has 2 heterocycles. The Labute approximate surface area is 169 Å². The number of amides is 1. The molecule has 0 aliphatic heterocycles. The topological polar surface area (TPSA) is 69.0 Å². The number of imidazole rings is 1. The molecule has 29 heavy (non-hydrogen) atoms. The average molecular weight is 396 g/mol. The molecule has 0 unspecified atom stereocenters. The van der Waals surface area contributed by atoms with E-state index >= 15 is 0 Å². The van der Waals surface area contributed by atoms with Crippen molar-refractivity contribution >= 4 is 5.91 Å². The van der Waals surface area contributed by atoms with Gasteiger partial charge in [0, 0.05) is 37.6 Å². The van der Waals surface area contributed by atoms with Gasteiger partial charge in [-0.2, -0.15) is 0 Å². The van der Waals surface area contributed by atoms with E-state index in [1.807, 2.05) is 6.20 Å². The van der Waals surface area contributed by atoms with Crippen LogP contribution in [0.2, 0.25) is 0 Å². The molecular weight excluding hydrogens is 371 g/mol. The summed E-state index contributed by atoms with van der Waals surface area (Å²) < 4.78 is 21.5. The smallest absolute Gasteiger partial charge is 0.252 e. The summed E-state index contributed by atoms with van der Waals surface area (Å²) in [5.74, 6) is 1.17. The molecule has 3 aromatic rings. The van der Waals surface area contributed by atoms with Gasteiger partial charge in [-0.05, 0) is 30.7 Å². The summed E-state index contributed by atoms with van der Waals surface area (Å²) in [6.45, 7) is 5.54. The second-order valence-corrected chi connectivity index (χ2v) is 6.99. The maximum atomic E-state index is 14.2. The van der Waals surface area contributed by atoms with Gasteiger partial charge in [-0.25, -0.2) is 9.37 Å². The quantitative estimate of drug-likeness (QED) is 0.584. The van der Waals surface area contributed by atoms with Gasteiger partial charge in [-0.1, -0.05) is 19.9 Å². The van der Waals surface area contributed by atoms with E-state index in [1.54, 1.807) is 30.5 Å². The maximum absolute atomic E-state index is 14.2. The lowest BCUT2D eigenvalue weighted by molar-refractivity contribution is 0.0952. The molecule has 0 aliphatic carbocycles. The van der Waals surface area contributed by atoms with Crippen molar-refractivity contribution in [1.82, 2.24) is 19.9 Å². The number of benzene rings is 1. The van der Waals surface area contributed by atoms with E-state index in [4.69, 9.17) is 4.74 Å². The van der Waals surface area contributed by atoms with Crippen LogP contribution in [-0.4, -0.2) is 34.1 Å². The van der Waals surface area contributed by atoms with Crippen molar-refractivity contribution in [2.75, 3.05) is 13.7 Å². The Morgan fingerprint density at radius 3 is 2.76 bits per heavy atom. The van der Waals surface area contributed by atoms with Gasteiger partial charge in [0.2, 0.25) is 0 Å². The molecule has 1 aromatic carbocycles. The lowest BCUT2D eigenvalue weighted by Gasteiger charge is -2.11. The van der Waals surface area contributed by atoms with Crippen molar-refractivity contribution in [2.24, 2.45) is 0 Å². The van der Waals surface area contributed by atoms with Gasteiger partial charge in [-0.3, -0.25) is 9.78 Å². The minimum Gasteiger partial charge on any atom is -0.496 e. The second-order valence-electron chi connectivity index (χ2n) is 6.99. The van der Waals surface area contributed by atoms with Gasteiger partial charge < -0.3 is 14.6 Å². The number of hydrogen-bond acceptors (Lipinski definition) is 4. The molecule has 7 heteroatoms. The molecule has 0 spiro atoms. The predicted octanol–water partition coefficient (Wildman–Crippen LogP) is 4.04. The molecule has 2 aromatic heterocycles. The summed E-state index contributed by atoms with van der Waals surface area (Å²) in [6.07, 6.45) is 5.99. The van der Waals surface area contributed by atoms with E-state index in [0.717, 1.165) is 18.8 Å². The standard InChI is InChI=1S/C22H25FN4O2/c1-15(2)21-24-11-13-27(21)12-5-10-25-22(28)16-8-9-18(26-14-16)20-17(23)6-4-7-19(20)29-3/h4,6-9,11,13-15H,5,10,12H2,1-3H3,(H,25,28). The van der Waals surface area contributed by atoms with E-state index in [2.05, 4.69) is 33.7 Å². The highest BCUT2D eigenvalue weighted by atomic mass is 19.1. The normalized spacial score (nSPS) is 10.9. The van der Waals surface area contributed by atoms with Crippen molar-refractivity contribution in [3.05, 3.63) is 66.1 Å². The van der Waals surface area contributed by atoms with Gasteiger partial charge in [0.1, 0.15) is 17.4 Å². The fourth-order valence-electron chi connectivity index (χ4n) is 3.16. The van der Waals surface area contributed by atoms with Crippen LogP contribution in [0.4, 0.5) is 4.39 Å². The molecule has 0 aliphatic rings. The number of hydrogen-bond donors (Lipinski definition) is 1. The van der Waals surface area contributed by atoms with E-state index in [1.165, 1.54) is 19.4 Å². The molecule has 152 valence electrons. The lowest BCUT2D eigenvalue weighted by atomic mass is 10.1. The molecule has 1 amide bonds. The predicted molar refractivity (Wildman–Crippen MR) is 109 cm³/mol. The molecule has 1 N–H and O–H groups in total. The fourth-order valence-corrected chi connectivity index (χ4v) is 3.16. The number of carbonyl (C=O) groups is 1. The first kappa shape index (κ1) is 20.5. The van der Waals surface area contributed by atoms with Gasteiger partial charge in [-0.15, -0.1) is 0 Å². The molecule has 3 rings (SSSR count). The average Bonchev–Trinajstić information content (AvgIpc) is 3.20. The Bertz CT molecular complexity index is 967. The number of aryl methyl sites for hydroxylation is 1. The van der Waals surface area contributed by atoms with Gasteiger partial charge >= 0.3 is 0 Å². The van der Waals surface area contributed by atoms with Crippen molar-refractivity contribution in [2.45, 2.75) is 32.7 Å². The monoisotopic (exact) mass is 396 g/mol. The Hall–Kier alpha value is -3.22. The van der Waals surface area contributed by atoms with E-state index in [0.29, 0.717) is 29.5 Å². The molecule has 0 radical (unpaired) electrons. The van der Waals surface area contributed by atoms with Crippen LogP contribution in [0.3, 0.4) is 0 Å². The van der Waals surface area contributed by atoms with Crippen molar-refractivity contribution in [3.8, 4) is 17.0 Å². The van der Waals surface area contributed by atoms with E-state index in [9.17, 15) is 9.18 Å². The van der Waals surface area contributed by atoms with Crippen LogP contribution in [-0.2, 0) is 6.54 Å². The zero-order valence-corrected chi connectivity index (χ0v) is 16.9. The lowest BCUT2D eigenvalue weighted by Crippen LogP contribution is -2.25. The highest BCUT2D eigenvalue weighted by Crippen LogP contribution is 2.31. The number of nitrogens with one attached hydrogen (secondary N) is 1. The summed E-state index contributed by atoms with van der Waals surface area (Å²) >= 11 is 0. The summed E-state index contributed by atoms with van der Waals surface area (Å²) in [6, 6.07) is 7.86. The third-order valence-electron chi connectivity index (χ3n) is 4.60. The number of pyridine rings is 1. The second kappa shape index (κ2) is 9.32. The zero-order valence-electron chi connectivity index (χ0n) is 16.9.